The van der Waals surface area contributed by atoms with Crippen LogP contribution in [0.25, 0.3) is 0 Å². The van der Waals surface area contributed by atoms with Crippen molar-refractivity contribution in [2.24, 2.45) is 5.92 Å². The molecule has 34 heavy (non-hydrogen) atoms. The molecule has 2 aliphatic rings. The van der Waals surface area contributed by atoms with Gasteiger partial charge in [-0.05, 0) is 54.1 Å². The molecule has 172 valence electrons. The fraction of sp³-hybridized carbons (Fsp3) is 0.160. The first-order valence-electron chi connectivity index (χ1n) is 10.4. The van der Waals surface area contributed by atoms with Crippen LogP contribution in [0.1, 0.15) is 22.0 Å². The molecule has 9 heteroatoms. The van der Waals surface area contributed by atoms with Crippen LogP contribution in [-0.2, 0) is 19.2 Å². The third-order valence-electron chi connectivity index (χ3n) is 5.95. The zero-order chi connectivity index (χ0) is 24.0. The van der Waals surface area contributed by atoms with E-state index in [2.05, 4.69) is 0 Å². The fourth-order valence-electron chi connectivity index (χ4n) is 4.39. The summed E-state index contributed by atoms with van der Waals surface area (Å²) in [7, 11) is 1.28. The molecular formula is C25H18Cl2N2O5. The standard InChI is InChI=1S/C25H18Cl2N2O5/c1-33-25(32)14-7-10-16(11-8-14)28-23(30)20-21(18-12-9-15(26)13-19(18)27)29(34-22(20)24(28)31)17-5-3-2-4-6-17/h2-13,20-22H,1H3/t20-,21+,22+/m0/s1. The van der Waals surface area contributed by atoms with Gasteiger partial charge in [0, 0.05) is 10.0 Å². The third kappa shape index (κ3) is 3.62. The smallest absolute Gasteiger partial charge is 0.337 e. The lowest BCUT2D eigenvalue weighted by molar-refractivity contribution is -0.126. The quantitative estimate of drug-likeness (QED) is 0.380. The van der Waals surface area contributed by atoms with Crippen molar-refractivity contribution in [3.05, 3.63) is 94.0 Å². The molecule has 0 spiro atoms. The number of hydroxylamine groups is 1. The van der Waals surface area contributed by atoms with Gasteiger partial charge in [0.25, 0.3) is 5.91 Å². The van der Waals surface area contributed by atoms with E-state index in [-0.39, 0.29) is 0 Å². The number of hydrogen-bond acceptors (Lipinski definition) is 6. The highest BCUT2D eigenvalue weighted by molar-refractivity contribution is 6.35. The van der Waals surface area contributed by atoms with Crippen LogP contribution in [-0.4, -0.2) is 31.0 Å². The van der Waals surface area contributed by atoms with E-state index in [1.807, 2.05) is 30.3 Å². The summed E-state index contributed by atoms with van der Waals surface area (Å²) in [5.41, 5.74) is 1.95. The Bertz CT molecular complexity index is 1280. The van der Waals surface area contributed by atoms with Crippen molar-refractivity contribution in [3.8, 4) is 0 Å². The number of hydrogen-bond donors (Lipinski definition) is 0. The number of nitrogens with zero attached hydrogens (tertiary/aromatic N) is 2. The predicted octanol–water partition coefficient (Wildman–Crippen LogP) is 4.83. The topological polar surface area (TPSA) is 76.2 Å². The normalized spacial score (nSPS) is 21.7. The average Bonchev–Trinajstić information content (AvgIpc) is 3.35. The Kier molecular flexibility index (Phi) is 5.77. The zero-order valence-corrected chi connectivity index (χ0v) is 19.4. The van der Waals surface area contributed by atoms with Gasteiger partial charge in [0.15, 0.2) is 6.10 Å². The first-order chi connectivity index (χ1) is 16.4. The van der Waals surface area contributed by atoms with Crippen molar-refractivity contribution in [2.45, 2.75) is 12.1 Å². The maximum absolute atomic E-state index is 13.6. The molecule has 2 aliphatic heterocycles. The van der Waals surface area contributed by atoms with Crippen molar-refractivity contribution in [2.75, 3.05) is 17.1 Å². The summed E-state index contributed by atoms with van der Waals surface area (Å²) in [4.78, 5) is 46.0. The van der Waals surface area contributed by atoms with Gasteiger partial charge in [-0.3, -0.25) is 14.4 Å². The van der Waals surface area contributed by atoms with E-state index in [1.54, 1.807) is 23.3 Å². The number of rotatable bonds is 4. The molecule has 5 rings (SSSR count). The van der Waals surface area contributed by atoms with Gasteiger partial charge in [-0.25, -0.2) is 14.8 Å². The van der Waals surface area contributed by atoms with Crippen molar-refractivity contribution in [1.82, 2.24) is 0 Å². The maximum atomic E-state index is 13.6. The molecule has 0 aliphatic carbocycles. The Balaban J connectivity index is 1.55. The molecule has 2 heterocycles. The molecule has 0 bridgehead atoms. The molecule has 7 nitrogen and oxygen atoms in total. The molecule has 0 aromatic heterocycles. The van der Waals surface area contributed by atoms with Crippen LogP contribution in [0.4, 0.5) is 11.4 Å². The van der Waals surface area contributed by atoms with Crippen molar-refractivity contribution in [1.29, 1.82) is 0 Å². The van der Waals surface area contributed by atoms with Crippen LogP contribution >= 0.6 is 23.2 Å². The van der Waals surface area contributed by atoms with E-state index in [0.717, 1.165) is 4.90 Å². The van der Waals surface area contributed by atoms with Gasteiger partial charge < -0.3 is 4.74 Å². The van der Waals surface area contributed by atoms with Gasteiger partial charge in [-0.1, -0.05) is 47.5 Å². The van der Waals surface area contributed by atoms with Gasteiger partial charge in [0.05, 0.1) is 30.1 Å². The number of carbonyl (C=O) groups excluding carboxylic acids is 3. The Morgan fingerprint density at radius 1 is 0.912 bits per heavy atom. The first-order valence-corrected chi connectivity index (χ1v) is 11.2. The summed E-state index contributed by atoms with van der Waals surface area (Å²) in [6, 6.07) is 19.6. The number of fused-ring (bicyclic) bond motifs is 1. The highest BCUT2D eigenvalue weighted by Crippen LogP contribution is 2.49. The van der Waals surface area contributed by atoms with E-state index >= 15 is 0 Å². The summed E-state index contributed by atoms with van der Waals surface area (Å²) >= 11 is 12.6. The van der Waals surface area contributed by atoms with Crippen molar-refractivity contribution >= 4 is 52.4 Å². The largest absolute Gasteiger partial charge is 0.465 e. The molecule has 0 radical (unpaired) electrons. The fourth-order valence-corrected chi connectivity index (χ4v) is 4.91. The molecule has 0 unspecified atom stereocenters. The number of anilines is 2. The molecular weight excluding hydrogens is 479 g/mol. The second kappa shape index (κ2) is 8.76. The molecule has 0 saturated carbocycles. The van der Waals surface area contributed by atoms with Gasteiger partial charge in [0.2, 0.25) is 5.91 Å². The Morgan fingerprint density at radius 2 is 1.62 bits per heavy atom. The number of benzene rings is 3. The van der Waals surface area contributed by atoms with Crippen molar-refractivity contribution in [3.63, 3.8) is 0 Å². The number of imide groups is 1. The third-order valence-corrected chi connectivity index (χ3v) is 6.52. The molecule has 3 aromatic carbocycles. The summed E-state index contributed by atoms with van der Waals surface area (Å²) in [6.07, 6.45) is -1.04. The number of amides is 2. The second-order valence-corrected chi connectivity index (χ2v) is 8.72. The Morgan fingerprint density at radius 3 is 2.26 bits per heavy atom. The lowest BCUT2D eigenvalue weighted by Gasteiger charge is -2.29. The number of esters is 1. The van der Waals surface area contributed by atoms with Crippen LogP contribution in [0.3, 0.4) is 0 Å². The molecule has 3 atom stereocenters. The summed E-state index contributed by atoms with van der Waals surface area (Å²) < 4.78 is 4.71. The molecule has 0 N–H and O–H groups in total. The summed E-state index contributed by atoms with van der Waals surface area (Å²) in [6.45, 7) is 0. The number of ether oxygens (including phenoxy) is 1. The number of carbonyl (C=O) groups is 3. The lowest BCUT2D eigenvalue weighted by Crippen LogP contribution is -2.37. The van der Waals surface area contributed by atoms with E-state index in [1.165, 1.54) is 31.4 Å². The SMILES string of the molecule is COC(=O)c1ccc(N2C(=O)[C@H]3[C@@H](c4ccc(Cl)cc4Cl)N(c4ccccc4)O[C@H]3C2=O)cc1. The van der Waals surface area contributed by atoms with Crippen LogP contribution < -0.4 is 9.96 Å². The van der Waals surface area contributed by atoms with E-state index in [4.69, 9.17) is 32.8 Å². The average molecular weight is 497 g/mol. The van der Waals surface area contributed by atoms with Gasteiger partial charge >= 0.3 is 5.97 Å². The number of halogens is 2. The highest BCUT2D eigenvalue weighted by Gasteiger charge is 2.60. The van der Waals surface area contributed by atoms with Crippen LogP contribution in [0, 0.1) is 5.92 Å². The lowest BCUT2D eigenvalue weighted by atomic mass is 9.90. The minimum atomic E-state index is -1.04. The van der Waals surface area contributed by atoms with Gasteiger partial charge in [-0.15, -0.1) is 0 Å². The van der Waals surface area contributed by atoms with E-state index in [0.29, 0.717) is 32.5 Å². The highest BCUT2D eigenvalue weighted by atomic mass is 35.5. The van der Waals surface area contributed by atoms with Gasteiger partial charge in [-0.2, -0.15) is 0 Å². The maximum Gasteiger partial charge on any atom is 0.337 e. The van der Waals surface area contributed by atoms with Crippen LogP contribution in [0.15, 0.2) is 72.8 Å². The number of para-hydroxylation sites is 1. The number of methoxy groups -OCH3 is 1. The molecule has 2 fully saturated rings. The Hall–Kier alpha value is -3.39. The van der Waals surface area contributed by atoms with Crippen LogP contribution in [0.2, 0.25) is 10.0 Å². The van der Waals surface area contributed by atoms with Crippen molar-refractivity contribution < 1.29 is 24.0 Å². The minimum Gasteiger partial charge on any atom is -0.465 e. The minimum absolute atomic E-state index is 0.308. The van der Waals surface area contributed by atoms with E-state index in [9.17, 15) is 14.4 Å². The molecule has 2 saturated heterocycles. The Labute approximate surface area is 205 Å². The first kappa shape index (κ1) is 22.4. The monoisotopic (exact) mass is 496 g/mol. The van der Waals surface area contributed by atoms with Gasteiger partial charge in [0.1, 0.15) is 5.92 Å². The van der Waals surface area contributed by atoms with E-state index < -0.39 is 35.8 Å². The summed E-state index contributed by atoms with van der Waals surface area (Å²) in [5.74, 6) is -2.27. The predicted molar refractivity (Wildman–Crippen MR) is 127 cm³/mol. The summed E-state index contributed by atoms with van der Waals surface area (Å²) in [5, 5.41) is 2.39. The molecule has 3 aromatic rings. The second-order valence-electron chi connectivity index (χ2n) is 7.87. The zero-order valence-electron chi connectivity index (χ0n) is 17.9. The van der Waals surface area contributed by atoms with Crippen LogP contribution in [0.5, 0.6) is 0 Å². The molecule has 2 amide bonds.